The summed E-state index contributed by atoms with van der Waals surface area (Å²) in [5.41, 5.74) is 1.84. The minimum absolute atomic E-state index is 0. The van der Waals surface area contributed by atoms with Crippen molar-refractivity contribution in [3.8, 4) is 0 Å². The van der Waals surface area contributed by atoms with E-state index in [0.717, 1.165) is 51.2 Å². The van der Waals surface area contributed by atoms with Gasteiger partial charge in [0.05, 0.1) is 5.76 Å². The molecule has 3 heterocycles. The van der Waals surface area contributed by atoms with E-state index in [2.05, 4.69) is 75.1 Å². The fourth-order valence-electron chi connectivity index (χ4n) is 9.81. The summed E-state index contributed by atoms with van der Waals surface area (Å²) in [7, 11) is -1.50. The molecule has 10 unspecified atom stereocenters. The van der Waals surface area contributed by atoms with E-state index in [1.165, 1.54) is 57.1 Å². The van der Waals surface area contributed by atoms with Gasteiger partial charge in [-0.15, -0.1) is 23.5 Å². The Labute approximate surface area is 237 Å². The summed E-state index contributed by atoms with van der Waals surface area (Å²) < 4.78 is 6.71. The Morgan fingerprint density at radius 2 is 1.54 bits per heavy atom. The zero-order chi connectivity index (χ0) is 23.2. The van der Waals surface area contributed by atoms with Gasteiger partial charge in [0.15, 0.2) is 0 Å². The molecule has 0 radical (unpaired) electrons. The monoisotopic (exact) mass is 695 g/mol. The molecule has 0 amide bonds. The number of hydrogen-bond acceptors (Lipinski definition) is 3. The molecule has 3 aliphatic heterocycles. The SMILES string of the molecule is CC1=CC2C3C=C(C)SC3C([Si](C)(C)C3[CH-]CC4C(C5=CC6CCCCC6O5)CCCC43)C2S1.[W]. The van der Waals surface area contributed by atoms with E-state index >= 15 is 0 Å². The second kappa shape index (κ2) is 9.67. The van der Waals surface area contributed by atoms with Crippen LogP contribution in [0.25, 0.3) is 0 Å². The molecule has 0 bridgehead atoms. The third-order valence-electron chi connectivity index (χ3n) is 11.2. The van der Waals surface area contributed by atoms with Crippen LogP contribution < -0.4 is 0 Å². The fourth-order valence-corrected chi connectivity index (χ4v) is 20.1. The number of rotatable bonds is 3. The molecule has 1 nitrogen and oxygen atoms in total. The number of fused-ring (bicyclic) bond motifs is 5. The minimum Gasteiger partial charge on any atom is -0.494 e. The molecule has 192 valence electrons. The summed E-state index contributed by atoms with van der Waals surface area (Å²) in [6, 6.07) is 0. The first-order chi connectivity index (χ1) is 16.4. The summed E-state index contributed by atoms with van der Waals surface area (Å²) in [6.07, 6.45) is 22.4. The van der Waals surface area contributed by atoms with Crippen LogP contribution in [-0.4, -0.2) is 24.7 Å². The smallest absolute Gasteiger partial charge is 0.105 e. The Hall–Kier alpha value is 0.625. The largest absolute Gasteiger partial charge is 0.494 e. The molecule has 7 aliphatic rings. The van der Waals surface area contributed by atoms with Gasteiger partial charge in [-0.2, -0.15) is 12.0 Å². The van der Waals surface area contributed by atoms with Crippen LogP contribution in [0.15, 0.2) is 33.8 Å². The maximum Gasteiger partial charge on any atom is 0.105 e. The minimum atomic E-state index is -1.50. The van der Waals surface area contributed by atoms with Crippen LogP contribution in [0.3, 0.4) is 0 Å². The van der Waals surface area contributed by atoms with E-state index < -0.39 is 8.07 Å². The van der Waals surface area contributed by atoms with Crippen molar-refractivity contribution in [2.45, 2.75) is 106 Å². The maximum atomic E-state index is 6.71. The normalized spacial score (nSPS) is 48.1. The van der Waals surface area contributed by atoms with Crippen molar-refractivity contribution in [1.82, 2.24) is 0 Å². The third-order valence-corrected chi connectivity index (χ3v) is 19.2. The zero-order valence-electron chi connectivity index (χ0n) is 22.0. The molecule has 0 spiro atoms. The molecule has 4 aliphatic carbocycles. The summed E-state index contributed by atoms with van der Waals surface area (Å²) in [5.74, 6) is 6.27. The van der Waals surface area contributed by atoms with Crippen LogP contribution in [0.5, 0.6) is 0 Å². The number of hydrogen-bond donors (Lipinski definition) is 0. The average Bonchev–Trinajstić information content (AvgIpc) is 3.59. The van der Waals surface area contributed by atoms with Crippen LogP contribution in [0, 0.1) is 41.9 Å². The first kappa shape index (κ1) is 25.9. The molecule has 0 saturated heterocycles. The molecule has 7 rings (SSSR count). The summed E-state index contributed by atoms with van der Waals surface area (Å²) in [6.45, 7) is 10.4. The Morgan fingerprint density at radius 1 is 0.857 bits per heavy atom. The molecular weight excluding hydrogens is 652 g/mol. The molecule has 4 fully saturated rings. The Morgan fingerprint density at radius 3 is 2.23 bits per heavy atom. The molecule has 0 aromatic rings. The van der Waals surface area contributed by atoms with E-state index in [-0.39, 0.29) is 21.1 Å². The van der Waals surface area contributed by atoms with Gasteiger partial charge in [-0.1, -0.05) is 56.3 Å². The van der Waals surface area contributed by atoms with Gasteiger partial charge in [-0.05, 0) is 72.8 Å². The summed E-state index contributed by atoms with van der Waals surface area (Å²) >= 11 is 4.52. The van der Waals surface area contributed by atoms with Gasteiger partial charge in [0.2, 0.25) is 0 Å². The van der Waals surface area contributed by atoms with Crippen molar-refractivity contribution in [3.05, 3.63) is 40.2 Å². The Bertz CT molecular complexity index is 911. The number of allylic oxidation sites excluding steroid dienone is 5. The average molecular weight is 696 g/mol. The van der Waals surface area contributed by atoms with Crippen LogP contribution in [0.4, 0.5) is 0 Å². The predicted molar refractivity (Wildman–Crippen MR) is 150 cm³/mol. The quantitative estimate of drug-likeness (QED) is 0.216. The molecule has 4 saturated carbocycles. The molecule has 5 heteroatoms. The van der Waals surface area contributed by atoms with Crippen molar-refractivity contribution in [3.63, 3.8) is 0 Å². The topological polar surface area (TPSA) is 9.23 Å². The van der Waals surface area contributed by atoms with Gasteiger partial charge >= 0.3 is 0 Å². The zero-order valence-corrected chi connectivity index (χ0v) is 27.5. The van der Waals surface area contributed by atoms with Gasteiger partial charge in [-0.25, -0.2) is 0 Å². The van der Waals surface area contributed by atoms with E-state index in [9.17, 15) is 0 Å². The van der Waals surface area contributed by atoms with Gasteiger partial charge in [0.1, 0.15) is 6.10 Å². The molecule has 10 atom stereocenters. The van der Waals surface area contributed by atoms with Gasteiger partial charge in [-0.3, -0.25) is 0 Å². The van der Waals surface area contributed by atoms with Crippen molar-refractivity contribution >= 4 is 31.6 Å². The van der Waals surface area contributed by atoms with Crippen molar-refractivity contribution in [2.24, 2.45) is 35.5 Å². The first-order valence-electron chi connectivity index (χ1n) is 14.3. The fraction of sp³-hybridized carbons (Fsp3) is 0.767. The number of ether oxygens (including phenoxy) is 1. The molecule has 0 N–H and O–H groups in total. The molecule has 0 aromatic heterocycles. The van der Waals surface area contributed by atoms with E-state index in [1.807, 2.05) is 0 Å². The van der Waals surface area contributed by atoms with Crippen LogP contribution >= 0.6 is 23.5 Å². The van der Waals surface area contributed by atoms with Crippen LogP contribution in [-0.2, 0) is 25.8 Å². The van der Waals surface area contributed by atoms with E-state index in [4.69, 9.17) is 4.74 Å². The maximum absolute atomic E-state index is 6.71. The molecule has 35 heavy (non-hydrogen) atoms. The van der Waals surface area contributed by atoms with Crippen LogP contribution in [0.1, 0.15) is 65.2 Å². The standard InChI is InChI=1S/C30H43OS2Si.W/c1-17-14-23-24-15-18(2)33-29(24)30(28(23)32-17)34(3,4)27-13-12-20-21(9-7-10-22(20)27)26-16-19-8-5-6-11-25(19)31-26;/h13-16,19-25,27-30H,5-12H2,1-4H3;/q-1;. The van der Waals surface area contributed by atoms with E-state index in [0.29, 0.717) is 12.0 Å². The van der Waals surface area contributed by atoms with Crippen molar-refractivity contribution in [2.75, 3.05) is 0 Å². The van der Waals surface area contributed by atoms with Gasteiger partial charge < -0.3 is 11.2 Å². The summed E-state index contributed by atoms with van der Waals surface area (Å²) in [4.78, 5) is 3.20. The van der Waals surface area contributed by atoms with Gasteiger partial charge in [0.25, 0.3) is 0 Å². The van der Waals surface area contributed by atoms with Crippen molar-refractivity contribution in [1.29, 1.82) is 0 Å². The van der Waals surface area contributed by atoms with Crippen molar-refractivity contribution < 1.29 is 25.8 Å². The van der Waals surface area contributed by atoms with E-state index in [1.54, 1.807) is 9.81 Å². The summed E-state index contributed by atoms with van der Waals surface area (Å²) in [5, 5.41) is 1.70. The van der Waals surface area contributed by atoms with Gasteiger partial charge in [0, 0.05) is 51.5 Å². The molecule has 0 aromatic carbocycles. The first-order valence-corrected chi connectivity index (χ1v) is 19.2. The predicted octanol–water partition coefficient (Wildman–Crippen LogP) is 8.83. The van der Waals surface area contributed by atoms with Crippen LogP contribution in [0.2, 0.25) is 24.2 Å². The third kappa shape index (κ3) is 4.12. The second-order valence-electron chi connectivity index (χ2n) is 13.3. The Balaban J connectivity index is 0.00000229. The Kier molecular flexibility index (Phi) is 7.15. The second-order valence-corrected chi connectivity index (χ2v) is 21.1. The number of thioether (sulfide) groups is 2. The molecular formula is C30H43OS2SiW-.